The third kappa shape index (κ3) is 3.75. The number of anilines is 1. The highest BCUT2D eigenvalue weighted by atomic mass is 19.1. The highest BCUT2D eigenvalue weighted by Gasteiger charge is 2.32. The van der Waals surface area contributed by atoms with Gasteiger partial charge in [0.1, 0.15) is 23.7 Å². The van der Waals surface area contributed by atoms with Gasteiger partial charge >= 0.3 is 0 Å². The zero-order chi connectivity index (χ0) is 20.3. The van der Waals surface area contributed by atoms with Crippen molar-refractivity contribution < 1.29 is 18.0 Å². The first-order chi connectivity index (χ1) is 13.4. The molecule has 0 aliphatic heterocycles. The number of amides is 1. The van der Waals surface area contributed by atoms with Gasteiger partial charge in [-0.2, -0.15) is 0 Å². The van der Waals surface area contributed by atoms with Crippen molar-refractivity contribution in [2.45, 2.75) is 25.8 Å². The van der Waals surface area contributed by atoms with Crippen molar-refractivity contribution in [2.24, 2.45) is 0 Å². The Hall–Kier alpha value is -3.17. The van der Waals surface area contributed by atoms with Gasteiger partial charge in [0.2, 0.25) is 5.91 Å². The third-order valence-corrected chi connectivity index (χ3v) is 4.47. The molecule has 0 spiro atoms. The summed E-state index contributed by atoms with van der Waals surface area (Å²) in [6.07, 6.45) is 3.88. The Morgan fingerprint density at radius 1 is 1.29 bits per heavy atom. The number of fused-ring (bicyclic) bond motifs is 1. The number of hydrogen-bond donors (Lipinski definition) is 3. The molecule has 3 aromatic rings. The second kappa shape index (κ2) is 7.83. The minimum atomic E-state index is -1.21. The summed E-state index contributed by atoms with van der Waals surface area (Å²) in [5, 5.41) is 5.66. The maximum Gasteiger partial charge on any atom is 0.245 e. The van der Waals surface area contributed by atoms with Crippen LogP contribution in [0.1, 0.15) is 20.3 Å². The van der Waals surface area contributed by atoms with Crippen molar-refractivity contribution in [3.63, 3.8) is 0 Å². The molecular weight excluding hydrogens is 373 g/mol. The van der Waals surface area contributed by atoms with Gasteiger partial charge < -0.3 is 15.6 Å². The number of aromatic nitrogens is 4. The maximum atomic E-state index is 14.3. The fraction of sp³-hybridized carbons (Fsp3) is 0.333. The highest BCUT2D eigenvalue weighted by molar-refractivity contribution is 5.92. The van der Waals surface area contributed by atoms with Crippen molar-refractivity contribution in [3.8, 4) is 11.4 Å². The minimum absolute atomic E-state index is 0.130. The molecule has 10 heteroatoms. The van der Waals surface area contributed by atoms with Crippen molar-refractivity contribution in [1.82, 2.24) is 25.3 Å². The van der Waals surface area contributed by atoms with Gasteiger partial charge in [0.15, 0.2) is 17.5 Å². The molecule has 148 valence electrons. The molecule has 3 heterocycles. The largest absolute Gasteiger partial charge is 0.354 e. The Morgan fingerprint density at radius 3 is 2.79 bits per heavy atom. The molecule has 3 N–H and O–H groups in total. The van der Waals surface area contributed by atoms with Gasteiger partial charge in [-0.1, -0.05) is 6.92 Å². The molecule has 1 amide bonds. The molecule has 1 unspecified atom stereocenters. The molecule has 1 atom stereocenters. The van der Waals surface area contributed by atoms with Crippen LogP contribution in [-0.4, -0.2) is 44.6 Å². The standard InChI is InChI=1S/C18H19F3N6O/c1-3-18(2,17(28)22-5-4-19)27-16-13(21)9-25-15(26-16)12-8-24-14-11(12)6-10(20)7-23-14/h6-9H,3-5H2,1-2H3,(H,22,28)(H,23,24)(H,25,26,27). The third-order valence-electron chi connectivity index (χ3n) is 4.47. The number of halogens is 3. The lowest BCUT2D eigenvalue weighted by Crippen LogP contribution is -2.50. The Balaban J connectivity index is 1.97. The molecule has 0 aromatic carbocycles. The Morgan fingerprint density at radius 2 is 2.07 bits per heavy atom. The molecule has 3 rings (SSSR count). The lowest BCUT2D eigenvalue weighted by atomic mass is 9.97. The smallest absolute Gasteiger partial charge is 0.245 e. The molecule has 0 bridgehead atoms. The minimum Gasteiger partial charge on any atom is -0.354 e. The summed E-state index contributed by atoms with van der Waals surface area (Å²) in [5.41, 5.74) is -0.344. The number of aromatic amines is 1. The molecule has 0 saturated heterocycles. The van der Waals surface area contributed by atoms with Crippen molar-refractivity contribution in [1.29, 1.82) is 0 Å². The van der Waals surface area contributed by atoms with Gasteiger partial charge in [-0.05, 0) is 19.4 Å². The molecule has 28 heavy (non-hydrogen) atoms. The highest BCUT2D eigenvalue weighted by Crippen LogP contribution is 2.28. The average Bonchev–Trinajstić information content (AvgIpc) is 3.10. The number of H-pyrrole nitrogens is 1. The van der Waals surface area contributed by atoms with E-state index in [4.69, 9.17) is 0 Å². The maximum absolute atomic E-state index is 14.3. The molecule has 0 radical (unpaired) electrons. The molecular formula is C18H19F3N6O. The van der Waals surface area contributed by atoms with E-state index in [2.05, 4.69) is 30.6 Å². The summed E-state index contributed by atoms with van der Waals surface area (Å²) in [6.45, 7) is 2.45. The van der Waals surface area contributed by atoms with Crippen LogP contribution >= 0.6 is 0 Å². The average molecular weight is 392 g/mol. The summed E-state index contributed by atoms with van der Waals surface area (Å²) < 4.78 is 40.2. The van der Waals surface area contributed by atoms with Gasteiger partial charge in [0.05, 0.1) is 12.4 Å². The summed E-state index contributed by atoms with van der Waals surface area (Å²) in [5.74, 6) is -1.83. The van der Waals surface area contributed by atoms with Crippen LogP contribution in [0.3, 0.4) is 0 Å². The number of carbonyl (C=O) groups excluding carboxylic acids is 1. The Labute approximate surface area is 158 Å². The molecule has 0 saturated carbocycles. The summed E-state index contributed by atoms with van der Waals surface area (Å²) in [4.78, 5) is 27.3. The van der Waals surface area contributed by atoms with E-state index >= 15 is 0 Å². The Bertz CT molecular complexity index is 1010. The van der Waals surface area contributed by atoms with E-state index in [-0.39, 0.29) is 18.2 Å². The number of carbonyl (C=O) groups is 1. The number of hydrogen-bond acceptors (Lipinski definition) is 5. The summed E-state index contributed by atoms with van der Waals surface area (Å²) >= 11 is 0. The van der Waals surface area contributed by atoms with Gasteiger partial charge in [-0.15, -0.1) is 0 Å². The molecule has 0 aliphatic carbocycles. The zero-order valence-electron chi connectivity index (χ0n) is 15.3. The van der Waals surface area contributed by atoms with E-state index in [1.807, 2.05) is 0 Å². The normalized spacial score (nSPS) is 13.3. The van der Waals surface area contributed by atoms with Crippen LogP contribution in [0.4, 0.5) is 19.0 Å². The molecule has 7 nitrogen and oxygen atoms in total. The van der Waals surface area contributed by atoms with Crippen LogP contribution in [0.25, 0.3) is 22.4 Å². The van der Waals surface area contributed by atoms with Crippen LogP contribution in [0.5, 0.6) is 0 Å². The van der Waals surface area contributed by atoms with Crippen LogP contribution in [-0.2, 0) is 4.79 Å². The van der Waals surface area contributed by atoms with Gasteiger partial charge in [0.25, 0.3) is 0 Å². The fourth-order valence-electron chi connectivity index (χ4n) is 2.67. The molecule has 3 aromatic heterocycles. The second-order valence-corrected chi connectivity index (χ2v) is 6.40. The first-order valence-corrected chi connectivity index (χ1v) is 8.66. The van der Waals surface area contributed by atoms with E-state index < -0.39 is 29.8 Å². The number of pyridine rings is 1. The van der Waals surface area contributed by atoms with Crippen LogP contribution in [0.15, 0.2) is 24.7 Å². The number of nitrogens with one attached hydrogen (secondary N) is 3. The predicted molar refractivity (Wildman–Crippen MR) is 98.3 cm³/mol. The SMILES string of the molecule is CCC(C)(Nc1nc(-c2c[nH]c3ncc(F)cc23)ncc1F)C(=O)NCCF. The van der Waals surface area contributed by atoms with E-state index in [1.54, 1.807) is 20.0 Å². The topological polar surface area (TPSA) is 95.6 Å². The zero-order valence-corrected chi connectivity index (χ0v) is 15.3. The van der Waals surface area contributed by atoms with E-state index in [0.29, 0.717) is 23.0 Å². The quantitative estimate of drug-likeness (QED) is 0.575. The number of nitrogens with zero attached hydrogens (tertiary/aromatic N) is 3. The predicted octanol–water partition coefficient (Wildman–Crippen LogP) is 2.96. The van der Waals surface area contributed by atoms with Crippen LogP contribution in [0.2, 0.25) is 0 Å². The first-order valence-electron chi connectivity index (χ1n) is 8.66. The van der Waals surface area contributed by atoms with Gasteiger partial charge in [-0.25, -0.2) is 28.1 Å². The van der Waals surface area contributed by atoms with Gasteiger partial charge in [-0.3, -0.25) is 4.79 Å². The summed E-state index contributed by atoms with van der Waals surface area (Å²) in [7, 11) is 0. The lowest BCUT2D eigenvalue weighted by molar-refractivity contribution is -0.125. The van der Waals surface area contributed by atoms with Crippen LogP contribution in [0, 0.1) is 11.6 Å². The Kier molecular flexibility index (Phi) is 5.48. The van der Waals surface area contributed by atoms with Crippen LogP contribution < -0.4 is 10.6 Å². The van der Waals surface area contributed by atoms with E-state index in [1.165, 1.54) is 6.07 Å². The van der Waals surface area contributed by atoms with Crippen molar-refractivity contribution >= 4 is 22.8 Å². The fourth-order valence-corrected chi connectivity index (χ4v) is 2.67. The van der Waals surface area contributed by atoms with E-state index in [0.717, 1.165) is 12.4 Å². The molecule has 0 fully saturated rings. The van der Waals surface area contributed by atoms with E-state index in [9.17, 15) is 18.0 Å². The monoisotopic (exact) mass is 392 g/mol. The molecule has 0 aliphatic rings. The number of alkyl halides is 1. The second-order valence-electron chi connectivity index (χ2n) is 6.40. The van der Waals surface area contributed by atoms with Gasteiger partial charge in [0, 0.05) is 23.7 Å². The van der Waals surface area contributed by atoms with Crippen molar-refractivity contribution in [2.75, 3.05) is 18.5 Å². The summed E-state index contributed by atoms with van der Waals surface area (Å²) in [6, 6.07) is 1.27. The first kappa shape index (κ1) is 19.6. The lowest BCUT2D eigenvalue weighted by Gasteiger charge is -2.29. The number of rotatable bonds is 7. The van der Waals surface area contributed by atoms with Crippen molar-refractivity contribution in [3.05, 3.63) is 36.3 Å².